The predicted molar refractivity (Wildman–Crippen MR) is 80.2 cm³/mol. The van der Waals surface area contributed by atoms with Crippen molar-refractivity contribution >= 4 is 16.7 Å². The van der Waals surface area contributed by atoms with Crippen LogP contribution in [0, 0.1) is 0 Å². The zero-order chi connectivity index (χ0) is 14.5. The fourth-order valence-corrected chi connectivity index (χ4v) is 2.17. The first kappa shape index (κ1) is 14.4. The van der Waals surface area contributed by atoms with Crippen molar-refractivity contribution in [3.63, 3.8) is 0 Å². The van der Waals surface area contributed by atoms with E-state index in [9.17, 15) is 4.79 Å². The van der Waals surface area contributed by atoms with Gasteiger partial charge in [-0.2, -0.15) is 0 Å². The van der Waals surface area contributed by atoms with Gasteiger partial charge in [0.15, 0.2) is 0 Å². The molecule has 0 fully saturated rings. The lowest BCUT2D eigenvalue weighted by Crippen LogP contribution is -2.37. The number of pyridine rings is 1. The maximum absolute atomic E-state index is 11.7. The summed E-state index contributed by atoms with van der Waals surface area (Å²) in [5.74, 6) is -0.387. The Hall–Kier alpha value is -1.98. The Balaban J connectivity index is 2.29. The summed E-state index contributed by atoms with van der Waals surface area (Å²) in [5.41, 5.74) is 6.36. The zero-order valence-electron chi connectivity index (χ0n) is 11.8. The van der Waals surface area contributed by atoms with Crippen molar-refractivity contribution < 1.29 is 4.79 Å². The summed E-state index contributed by atoms with van der Waals surface area (Å²) < 4.78 is 0. The highest BCUT2D eigenvalue weighted by atomic mass is 16.1. The van der Waals surface area contributed by atoms with Crippen LogP contribution in [0.5, 0.6) is 0 Å². The molecule has 1 aromatic carbocycles. The van der Waals surface area contributed by atoms with Gasteiger partial charge < -0.3 is 16.0 Å². The summed E-state index contributed by atoms with van der Waals surface area (Å²) >= 11 is 0. The Labute approximate surface area is 118 Å². The number of hydrogen-bond acceptors (Lipinski definition) is 4. The second-order valence-electron chi connectivity index (χ2n) is 5.04. The highest BCUT2D eigenvalue weighted by Crippen LogP contribution is 2.22. The summed E-state index contributed by atoms with van der Waals surface area (Å²) in [5, 5.41) is 5.21. The second-order valence-corrected chi connectivity index (χ2v) is 5.04. The lowest BCUT2D eigenvalue weighted by molar-refractivity contribution is -0.120. The molecule has 1 atom stereocenters. The van der Waals surface area contributed by atoms with Gasteiger partial charge in [0.05, 0.1) is 0 Å². The van der Waals surface area contributed by atoms with Gasteiger partial charge in [0.2, 0.25) is 5.91 Å². The summed E-state index contributed by atoms with van der Waals surface area (Å²) in [6, 6.07) is 7.34. The van der Waals surface area contributed by atoms with E-state index >= 15 is 0 Å². The Morgan fingerprint density at radius 1 is 1.35 bits per heavy atom. The number of hydrogen-bond donors (Lipinski definition) is 2. The van der Waals surface area contributed by atoms with Crippen LogP contribution in [0.1, 0.15) is 11.6 Å². The van der Waals surface area contributed by atoms with Gasteiger partial charge in [-0.3, -0.25) is 9.78 Å². The van der Waals surface area contributed by atoms with Crippen molar-refractivity contribution in [2.75, 3.05) is 27.2 Å². The van der Waals surface area contributed by atoms with E-state index < -0.39 is 6.04 Å². The number of likely N-dealkylation sites (N-methyl/N-ethyl adjacent to an activating group) is 1. The van der Waals surface area contributed by atoms with Crippen LogP contribution in [0.4, 0.5) is 0 Å². The number of benzene rings is 1. The first-order valence-corrected chi connectivity index (χ1v) is 6.59. The third-order valence-corrected chi connectivity index (χ3v) is 3.20. The van der Waals surface area contributed by atoms with Gasteiger partial charge in [-0.15, -0.1) is 0 Å². The van der Waals surface area contributed by atoms with Gasteiger partial charge in [0.25, 0.3) is 0 Å². The topological polar surface area (TPSA) is 71.2 Å². The lowest BCUT2D eigenvalue weighted by atomic mass is 10.0. The average Bonchev–Trinajstić information content (AvgIpc) is 2.42. The smallest absolute Gasteiger partial charge is 0.239 e. The monoisotopic (exact) mass is 272 g/mol. The molecule has 1 amide bonds. The summed E-state index contributed by atoms with van der Waals surface area (Å²) in [4.78, 5) is 18.0. The minimum atomic E-state index is -0.520. The number of nitrogens with one attached hydrogen (secondary N) is 1. The van der Waals surface area contributed by atoms with E-state index in [1.807, 2.05) is 43.3 Å². The average molecular weight is 272 g/mol. The minimum Gasteiger partial charge on any atom is -0.368 e. The number of nitrogens with zero attached hydrogens (tertiary/aromatic N) is 2. The maximum atomic E-state index is 11.7. The van der Waals surface area contributed by atoms with Crippen molar-refractivity contribution in [1.29, 1.82) is 0 Å². The summed E-state index contributed by atoms with van der Waals surface area (Å²) in [7, 11) is 3.97. The van der Waals surface area contributed by atoms with Gasteiger partial charge in [-0.1, -0.05) is 24.3 Å². The fraction of sp³-hybridized carbons (Fsp3) is 0.333. The first-order valence-electron chi connectivity index (χ1n) is 6.59. The van der Waals surface area contributed by atoms with Crippen molar-refractivity contribution in [3.05, 3.63) is 42.2 Å². The minimum absolute atomic E-state index is 0.387. The maximum Gasteiger partial charge on any atom is 0.239 e. The fourth-order valence-electron chi connectivity index (χ4n) is 2.17. The van der Waals surface area contributed by atoms with Gasteiger partial charge >= 0.3 is 0 Å². The van der Waals surface area contributed by atoms with Crippen molar-refractivity contribution in [3.8, 4) is 0 Å². The molecule has 1 unspecified atom stereocenters. The molecule has 1 heterocycles. The van der Waals surface area contributed by atoms with Crippen LogP contribution >= 0.6 is 0 Å². The van der Waals surface area contributed by atoms with E-state index in [2.05, 4.69) is 10.3 Å². The van der Waals surface area contributed by atoms with Crippen molar-refractivity contribution in [2.24, 2.45) is 5.73 Å². The van der Waals surface area contributed by atoms with Gasteiger partial charge in [0, 0.05) is 36.4 Å². The van der Waals surface area contributed by atoms with E-state index in [-0.39, 0.29) is 5.91 Å². The molecule has 2 aromatic rings. The second kappa shape index (κ2) is 6.45. The lowest BCUT2D eigenvalue weighted by Gasteiger charge is -2.19. The zero-order valence-corrected chi connectivity index (χ0v) is 11.8. The van der Waals surface area contributed by atoms with Crippen LogP contribution in [0.2, 0.25) is 0 Å². The molecule has 1 aromatic heterocycles. The van der Waals surface area contributed by atoms with Crippen LogP contribution < -0.4 is 11.1 Å². The largest absolute Gasteiger partial charge is 0.368 e. The van der Waals surface area contributed by atoms with Crippen LogP contribution in [-0.4, -0.2) is 43.0 Å². The molecule has 3 N–H and O–H groups in total. The normalized spacial score (nSPS) is 12.8. The first-order chi connectivity index (χ1) is 9.59. The number of amides is 1. The quantitative estimate of drug-likeness (QED) is 0.820. The number of fused-ring (bicyclic) bond motifs is 1. The van der Waals surface area contributed by atoms with Crippen LogP contribution in [0.3, 0.4) is 0 Å². The standard InChI is InChI=1S/C15H20N4O/c1-19(2)8-7-18-14(15(16)20)13-10-17-9-11-5-3-4-6-12(11)13/h3-6,9-10,14,18H,7-8H2,1-2H3,(H2,16,20). The Bertz CT molecular complexity index is 592. The van der Waals surface area contributed by atoms with Crippen LogP contribution in [0.15, 0.2) is 36.7 Å². The molecule has 0 aliphatic heterocycles. The van der Waals surface area contributed by atoms with Crippen LogP contribution in [-0.2, 0) is 4.79 Å². The molecule has 20 heavy (non-hydrogen) atoms. The molecule has 5 heteroatoms. The van der Waals surface area contributed by atoms with E-state index in [4.69, 9.17) is 5.73 Å². The Morgan fingerprint density at radius 3 is 2.80 bits per heavy atom. The molecule has 2 rings (SSSR count). The number of aromatic nitrogens is 1. The van der Waals surface area contributed by atoms with E-state index in [0.29, 0.717) is 6.54 Å². The summed E-state index contributed by atoms with van der Waals surface area (Å²) in [6.07, 6.45) is 3.50. The Morgan fingerprint density at radius 2 is 2.10 bits per heavy atom. The molecule has 0 aliphatic carbocycles. The van der Waals surface area contributed by atoms with Gasteiger partial charge in [-0.05, 0) is 19.5 Å². The molecule has 106 valence electrons. The molecular weight excluding hydrogens is 252 g/mol. The third kappa shape index (κ3) is 3.31. The number of primary amides is 1. The highest BCUT2D eigenvalue weighted by molar-refractivity contribution is 5.91. The molecule has 0 saturated heterocycles. The van der Waals surface area contributed by atoms with Crippen molar-refractivity contribution in [2.45, 2.75) is 6.04 Å². The molecule has 0 bridgehead atoms. The van der Waals surface area contributed by atoms with Gasteiger partial charge in [0.1, 0.15) is 6.04 Å². The SMILES string of the molecule is CN(C)CCNC(C(N)=O)c1cncc2ccccc12. The molecule has 0 spiro atoms. The van der Waals surface area contributed by atoms with E-state index in [0.717, 1.165) is 22.9 Å². The van der Waals surface area contributed by atoms with Gasteiger partial charge in [-0.25, -0.2) is 0 Å². The molecule has 5 nitrogen and oxygen atoms in total. The number of rotatable bonds is 6. The van der Waals surface area contributed by atoms with Crippen LogP contribution in [0.25, 0.3) is 10.8 Å². The molecular formula is C15H20N4O. The molecule has 0 radical (unpaired) electrons. The predicted octanol–water partition coefficient (Wildman–Crippen LogP) is 0.912. The number of carbonyl (C=O) groups excluding carboxylic acids is 1. The molecule has 0 aliphatic rings. The van der Waals surface area contributed by atoms with Crippen molar-refractivity contribution in [1.82, 2.24) is 15.2 Å². The van der Waals surface area contributed by atoms with E-state index in [1.54, 1.807) is 12.4 Å². The highest BCUT2D eigenvalue weighted by Gasteiger charge is 2.19. The Kier molecular flexibility index (Phi) is 4.65. The number of carbonyl (C=O) groups is 1. The van der Waals surface area contributed by atoms with E-state index in [1.165, 1.54) is 0 Å². The molecule has 0 saturated carbocycles. The number of nitrogens with two attached hydrogens (primary N) is 1. The third-order valence-electron chi connectivity index (χ3n) is 3.20. The summed E-state index contributed by atoms with van der Waals surface area (Å²) in [6.45, 7) is 1.52.